The van der Waals surface area contributed by atoms with Crippen molar-refractivity contribution in [1.82, 2.24) is 15.1 Å². The Morgan fingerprint density at radius 3 is 2.66 bits per heavy atom. The van der Waals surface area contributed by atoms with Crippen LogP contribution in [0.2, 0.25) is 0 Å². The average molecular weight is 402 g/mol. The predicted molar refractivity (Wildman–Crippen MR) is 113 cm³/mol. The summed E-state index contributed by atoms with van der Waals surface area (Å²) in [5.74, 6) is 1.05. The van der Waals surface area contributed by atoms with Crippen LogP contribution in [-0.4, -0.2) is 79.8 Å². The number of hydrogen-bond donors (Lipinski definition) is 1. The molecular weight excluding hydrogens is 366 g/mol. The summed E-state index contributed by atoms with van der Waals surface area (Å²) in [5.41, 5.74) is 0. The number of hydrogen-bond acceptors (Lipinski definition) is 5. The zero-order chi connectivity index (χ0) is 19.9. The van der Waals surface area contributed by atoms with Gasteiger partial charge in [0.2, 0.25) is 5.91 Å². The fourth-order valence-electron chi connectivity index (χ4n) is 4.91. The number of nitrogens with zero attached hydrogens (tertiary/aromatic N) is 2. The van der Waals surface area contributed by atoms with E-state index in [0.29, 0.717) is 6.04 Å². The molecule has 1 aromatic carbocycles. The lowest BCUT2D eigenvalue weighted by Crippen LogP contribution is -2.49. The maximum atomic E-state index is 13.0. The van der Waals surface area contributed by atoms with Crippen molar-refractivity contribution >= 4 is 5.91 Å². The topological polar surface area (TPSA) is 54.0 Å². The number of carbonyl (C=O) groups excluding carboxylic acids is 1. The molecule has 0 aliphatic carbocycles. The summed E-state index contributed by atoms with van der Waals surface area (Å²) < 4.78 is 11.8. The molecule has 1 aromatic rings. The normalized spacial score (nSPS) is 26.6. The smallest absolute Gasteiger partial charge is 0.237 e. The van der Waals surface area contributed by atoms with Gasteiger partial charge in [-0.05, 0) is 63.9 Å². The number of rotatable bonds is 8. The summed E-state index contributed by atoms with van der Waals surface area (Å²) in [5, 5.41) is 3.21. The summed E-state index contributed by atoms with van der Waals surface area (Å²) in [6.45, 7) is 6.67. The Labute approximate surface area is 174 Å². The van der Waals surface area contributed by atoms with Gasteiger partial charge in [-0.2, -0.15) is 0 Å². The lowest BCUT2D eigenvalue weighted by molar-refractivity contribution is -0.126. The van der Waals surface area contributed by atoms with Crippen LogP contribution in [0.1, 0.15) is 38.5 Å². The fraction of sp³-hybridized carbons (Fsp3) is 0.696. The van der Waals surface area contributed by atoms with E-state index in [9.17, 15) is 4.79 Å². The van der Waals surface area contributed by atoms with Crippen LogP contribution in [-0.2, 0) is 9.53 Å². The first-order valence-electron chi connectivity index (χ1n) is 11.3. The van der Waals surface area contributed by atoms with Gasteiger partial charge in [0.25, 0.3) is 0 Å². The van der Waals surface area contributed by atoms with Gasteiger partial charge in [0, 0.05) is 38.8 Å². The van der Waals surface area contributed by atoms with Gasteiger partial charge in [0.1, 0.15) is 11.9 Å². The molecule has 0 saturated carbocycles. The Kier molecular flexibility index (Phi) is 7.41. The molecule has 0 unspecified atom stereocenters. The molecule has 3 fully saturated rings. The highest BCUT2D eigenvalue weighted by molar-refractivity contribution is 5.82. The number of carbonyl (C=O) groups is 1. The molecule has 2 atom stereocenters. The first-order chi connectivity index (χ1) is 14.3. The van der Waals surface area contributed by atoms with Crippen molar-refractivity contribution in [3.05, 3.63) is 30.3 Å². The standard InChI is InChI=1S/C23H35N3O3/c27-23(24-11-6-14-25-12-4-5-13-25)22-17-21(29-20-7-2-1-3-8-20)18-26(22)19-9-15-28-16-10-19/h1-3,7-8,19,21-22H,4-6,9-18H2,(H,24,27)/t21-,22-/m0/s1. The van der Waals surface area contributed by atoms with Gasteiger partial charge in [-0.25, -0.2) is 0 Å². The van der Waals surface area contributed by atoms with Gasteiger partial charge in [0.05, 0.1) is 6.04 Å². The highest BCUT2D eigenvalue weighted by atomic mass is 16.5. The van der Waals surface area contributed by atoms with Crippen LogP contribution in [0.5, 0.6) is 5.75 Å². The summed E-state index contributed by atoms with van der Waals surface area (Å²) in [7, 11) is 0. The minimum absolute atomic E-state index is 0.0561. The van der Waals surface area contributed by atoms with Gasteiger partial charge in [-0.3, -0.25) is 9.69 Å². The minimum Gasteiger partial charge on any atom is -0.489 e. The second-order valence-electron chi connectivity index (χ2n) is 8.54. The van der Waals surface area contributed by atoms with E-state index < -0.39 is 0 Å². The number of para-hydroxylation sites is 1. The van der Waals surface area contributed by atoms with Crippen molar-refractivity contribution in [2.24, 2.45) is 0 Å². The molecule has 4 rings (SSSR count). The van der Waals surface area contributed by atoms with E-state index in [4.69, 9.17) is 9.47 Å². The van der Waals surface area contributed by atoms with E-state index in [0.717, 1.165) is 64.3 Å². The van der Waals surface area contributed by atoms with Crippen molar-refractivity contribution in [3.63, 3.8) is 0 Å². The summed E-state index contributed by atoms with van der Waals surface area (Å²) in [6, 6.07) is 10.3. The molecule has 0 spiro atoms. The summed E-state index contributed by atoms with van der Waals surface area (Å²) in [4.78, 5) is 17.9. The molecule has 29 heavy (non-hydrogen) atoms. The third kappa shape index (κ3) is 5.71. The first kappa shape index (κ1) is 20.6. The van der Waals surface area contributed by atoms with Gasteiger partial charge in [-0.15, -0.1) is 0 Å². The maximum absolute atomic E-state index is 13.0. The first-order valence-corrected chi connectivity index (χ1v) is 11.3. The van der Waals surface area contributed by atoms with Crippen LogP contribution < -0.4 is 10.1 Å². The average Bonchev–Trinajstić information content (AvgIpc) is 3.43. The summed E-state index contributed by atoms with van der Waals surface area (Å²) >= 11 is 0. The van der Waals surface area contributed by atoms with Crippen LogP contribution in [0.15, 0.2) is 30.3 Å². The van der Waals surface area contributed by atoms with Gasteiger partial charge < -0.3 is 19.7 Å². The molecule has 3 aliphatic heterocycles. The molecule has 6 heteroatoms. The summed E-state index contributed by atoms with van der Waals surface area (Å²) in [6.07, 6.45) is 6.46. The van der Waals surface area contributed by atoms with E-state index in [1.807, 2.05) is 30.3 Å². The number of ether oxygens (including phenoxy) is 2. The Morgan fingerprint density at radius 2 is 1.90 bits per heavy atom. The van der Waals surface area contributed by atoms with Gasteiger partial charge >= 0.3 is 0 Å². The van der Waals surface area contributed by atoms with Crippen molar-refractivity contribution in [3.8, 4) is 5.75 Å². The van der Waals surface area contributed by atoms with Crippen LogP contribution in [0.4, 0.5) is 0 Å². The van der Waals surface area contributed by atoms with Gasteiger partial charge in [-0.1, -0.05) is 18.2 Å². The predicted octanol–water partition coefficient (Wildman–Crippen LogP) is 2.29. The van der Waals surface area contributed by atoms with Gasteiger partial charge in [0.15, 0.2) is 0 Å². The van der Waals surface area contributed by atoms with Crippen molar-refractivity contribution in [2.45, 2.75) is 56.7 Å². The maximum Gasteiger partial charge on any atom is 0.237 e. The molecular formula is C23H35N3O3. The molecule has 0 bridgehead atoms. The third-order valence-corrected chi connectivity index (χ3v) is 6.46. The highest BCUT2D eigenvalue weighted by Crippen LogP contribution is 2.28. The second-order valence-corrected chi connectivity index (χ2v) is 8.54. The molecule has 160 valence electrons. The quantitative estimate of drug-likeness (QED) is 0.678. The number of likely N-dealkylation sites (tertiary alicyclic amines) is 2. The van der Waals surface area contributed by atoms with E-state index in [-0.39, 0.29) is 18.1 Å². The Balaban J connectivity index is 1.31. The lowest BCUT2D eigenvalue weighted by atomic mass is 10.1. The number of nitrogens with one attached hydrogen (secondary N) is 1. The van der Waals surface area contributed by atoms with Crippen LogP contribution in [0, 0.1) is 0 Å². The molecule has 0 radical (unpaired) electrons. The van der Waals surface area contributed by atoms with Crippen molar-refractivity contribution in [2.75, 3.05) is 45.9 Å². The molecule has 3 aliphatic rings. The highest BCUT2D eigenvalue weighted by Gasteiger charge is 2.41. The zero-order valence-corrected chi connectivity index (χ0v) is 17.4. The Bertz CT molecular complexity index is 630. The molecule has 1 amide bonds. The van der Waals surface area contributed by atoms with Crippen LogP contribution in [0.25, 0.3) is 0 Å². The molecule has 3 heterocycles. The molecule has 0 aromatic heterocycles. The van der Waals surface area contributed by atoms with E-state index >= 15 is 0 Å². The van der Waals surface area contributed by atoms with Crippen LogP contribution >= 0.6 is 0 Å². The fourth-order valence-corrected chi connectivity index (χ4v) is 4.91. The van der Waals surface area contributed by atoms with Crippen molar-refractivity contribution in [1.29, 1.82) is 0 Å². The molecule has 3 saturated heterocycles. The minimum atomic E-state index is -0.0985. The molecule has 6 nitrogen and oxygen atoms in total. The number of benzene rings is 1. The Morgan fingerprint density at radius 1 is 1.14 bits per heavy atom. The SMILES string of the molecule is O=C(NCCCN1CCCC1)[C@@H]1C[C@H](Oc2ccccc2)CN1C1CCOCC1. The van der Waals surface area contributed by atoms with E-state index in [2.05, 4.69) is 15.1 Å². The molecule has 1 N–H and O–H groups in total. The van der Waals surface area contributed by atoms with Crippen LogP contribution in [0.3, 0.4) is 0 Å². The third-order valence-electron chi connectivity index (χ3n) is 6.46. The lowest BCUT2D eigenvalue weighted by Gasteiger charge is -2.34. The Hall–Kier alpha value is -1.63. The van der Waals surface area contributed by atoms with E-state index in [1.165, 1.54) is 25.9 Å². The number of amides is 1. The van der Waals surface area contributed by atoms with E-state index in [1.54, 1.807) is 0 Å². The van der Waals surface area contributed by atoms with Crippen molar-refractivity contribution < 1.29 is 14.3 Å². The monoisotopic (exact) mass is 401 g/mol. The largest absolute Gasteiger partial charge is 0.489 e. The zero-order valence-electron chi connectivity index (χ0n) is 17.4. The second kappa shape index (κ2) is 10.4.